The van der Waals surface area contributed by atoms with Gasteiger partial charge in [-0.1, -0.05) is 18.2 Å². The van der Waals surface area contributed by atoms with E-state index in [1.165, 1.54) is 0 Å². The number of nitrogens with zero attached hydrogens (tertiary/aromatic N) is 7. The molecule has 5 heterocycles. The Labute approximate surface area is 197 Å². The number of likely N-dealkylation sites (tertiary alicyclic amines) is 1. The molecule has 1 aliphatic rings. The number of carbonyl (C=O) groups is 1. The summed E-state index contributed by atoms with van der Waals surface area (Å²) in [5, 5.41) is 14.5. The molecule has 1 fully saturated rings. The maximum atomic E-state index is 13.2. The van der Waals surface area contributed by atoms with Crippen LogP contribution in [0.15, 0.2) is 48.7 Å². The SMILES string of the molecule is Cc1nc2c3ccccc3nn2c(C)c1CCC(=O)N1CCCC(c2nnc3ccccn23)C1. The fraction of sp³-hybridized carbons (Fsp3) is 0.346. The third-order valence-electron chi connectivity index (χ3n) is 7.09. The smallest absolute Gasteiger partial charge is 0.222 e. The van der Waals surface area contributed by atoms with Crippen molar-refractivity contribution < 1.29 is 4.79 Å². The highest BCUT2D eigenvalue weighted by Crippen LogP contribution is 2.27. The van der Waals surface area contributed by atoms with Gasteiger partial charge in [0.05, 0.1) is 5.52 Å². The third-order valence-corrected chi connectivity index (χ3v) is 7.09. The largest absolute Gasteiger partial charge is 0.342 e. The van der Waals surface area contributed by atoms with Gasteiger partial charge in [-0.05, 0) is 62.9 Å². The number of pyridine rings is 1. The van der Waals surface area contributed by atoms with Crippen molar-refractivity contribution in [1.82, 2.24) is 34.1 Å². The molecule has 1 atom stereocenters. The summed E-state index contributed by atoms with van der Waals surface area (Å²) in [6.45, 7) is 5.59. The van der Waals surface area contributed by atoms with Crippen LogP contribution < -0.4 is 0 Å². The average Bonchev–Trinajstić information content (AvgIpc) is 3.46. The number of piperidine rings is 1. The van der Waals surface area contributed by atoms with Crippen LogP contribution in [0.1, 0.15) is 48.0 Å². The molecule has 4 aromatic heterocycles. The van der Waals surface area contributed by atoms with Crippen molar-refractivity contribution in [1.29, 1.82) is 0 Å². The first-order valence-electron chi connectivity index (χ1n) is 11.9. The van der Waals surface area contributed by atoms with Crippen LogP contribution in [0, 0.1) is 13.8 Å². The van der Waals surface area contributed by atoms with Crippen LogP contribution in [0.25, 0.3) is 22.2 Å². The minimum absolute atomic E-state index is 0.183. The first-order valence-corrected chi connectivity index (χ1v) is 11.9. The molecule has 1 unspecified atom stereocenters. The van der Waals surface area contributed by atoms with Gasteiger partial charge < -0.3 is 4.90 Å². The number of rotatable bonds is 4. The molecule has 172 valence electrons. The minimum atomic E-state index is 0.183. The molecule has 0 saturated carbocycles. The Balaban J connectivity index is 1.20. The average molecular weight is 454 g/mol. The Kier molecular flexibility index (Phi) is 5.01. The maximum Gasteiger partial charge on any atom is 0.222 e. The Hall–Kier alpha value is -3.81. The highest BCUT2D eigenvalue weighted by molar-refractivity contribution is 5.92. The van der Waals surface area contributed by atoms with Crippen LogP contribution in [-0.4, -0.2) is 53.1 Å². The Bertz CT molecular complexity index is 1530. The van der Waals surface area contributed by atoms with Crippen LogP contribution >= 0.6 is 0 Å². The van der Waals surface area contributed by atoms with Crippen LogP contribution in [0.4, 0.5) is 0 Å². The second-order valence-electron chi connectivity index (χ2n) is 9.18. The molecule has 1 aromatic carbocycles. The topological polar surface area (TPSA) is 80.7 Å². The molecule has 0 N–H and O–H groups in total. The number of benzene rings is 1. The quantitative estimate of drug-likeness (QED) is 0.413. The summed E-state index contributed by atoms with van der Waals surface area (Å²) in [6, 6.07) is 14.0. The van der Waals surface area contributed by atoms with E-state index in [1.807, 2.05) is 63.3 Å². The van der Waals surface area contributed by atoms with Crippen molar-refractivity contribution in [2.75, 3.05) is 13.1 Å². The molecule has 6 rings (SSSR count). The molecule has 8 heteroatoms. The van der Waals surface area contributed by atoms with Gasteiger partial charge in [0.25, 0.3) is 0 Å². The highest BCUT2D eigenvalue weighted by atomic mass is 16.2. The number of fused-ring (bicyclic) bond motifs is 4. The van der Waals surface area contributed by atoms with Gasteiger partial charge in [0.2, 0.25) is 5.91 Å². The standard InChI is InChI=1S/C26H27N7O/c1-17-20(18(2)33-26(27-17)21-9-3-4-10-22(21)30-33)12-13-24(34)31-14-7-8-19(16-31)25-29-28-23-11-5-6-15-32(23)25/h3-6,9-11,15,19H,7-8,12-14,16H2,1-2H3. The molecule has 8 nitrogen and oxygen atoms in total. The van der Waals surface area contributed by atoms with E-state index in [0.29, 0.717) is 19.4 Å². The molecule has 1 saturated heterocycles. The highest BCUT2D eigenvalue weighted by Gasteiger charge is 2.28. The second-order valence-corrected chi connectivity index (χ2v) is 9.18. The Morgan fingerprint density at radius 1 is 1.09 bits per heavy atom. The lowest BCUT2D eigenvalue weighted by Gasteiger charge is -2.32. The van der Waals surface area contributed by atoms with Crippen LogP contribution in [0.3, 0.4) is 0 Å². The van der Waals surface area contributed by atoms with Crippen molar-refractivity contribution in [3.8, 4) is 0 Å². The Morgan fingerprint density at radius 3 is 2.85 bits per heavy atom. The number of aryl methyl sites for hydroxylation is 2. The van der Waals surface area contributed by atoms with Gasteiger partial charge >= 0.3 is 0 Å². The van der Waals surface area contributed by atoms with E-state index in [1.54, 1.807) is 0 Å². The summed E-state index contributed by atoms with van der Waals surface area (Å²) in [7, 11) is 0. The first-order chi connectivity index (χ1) is 16.6. The number of hydrogen-bond acceptors (Lipinski definition) is 5. The molecular weight excluding hydrogens is 426 g/mol. The van der Waals surface area contributed by atoms with Gasteiger partial charge in [0.1, 0.15) is 5.82 Å². The van der Waals surface area contributed by atoms with Crippen molar-refractivity contribution in [2.24, 2.45) is 0 Å². The van der Waals surface area contributed by atoms with E-state index >= 15 is 0 Å². The summed E-state index contributed by atoms with van der Waals surface area (Å²) >= 11 is 0. The molecule has 0 radical (unpaired) electrons. The normalized spacial score (nSPS) is 16.6. The van der Waals surface area contributed by atoms with Crippen molar-refractivity contribution >= 4 is 28.1 Å². The molecule has 1 aliphatic heterocycles. The number of aromatic nitrogens is 6. The van der Waals surface area contributed by atoms with Crippen LogP contribution in [0.2, 0.25) is 0 Å². The summed E-state index contributed by atoms with van der Waals surface area (Å²) in [5.74, 6) is 1.33. The van der Waals surface area contributed by atoms with Crippen molar-refractivity contribution in [2.45, 2.75) is 45.4 Å². The molecule has 1 amide bonds. The van der Waals surface area contributed by atoms with Crippen LogP contribution in [0.5, 0.6) is 0 Å². The lowest BCUT2D eigenvalue weighted by atomic mass is 9.96. The van der Waals surface area contributed by atoms with E-state index < -0.39 is 0 Å². The van der Waals surface area contributed by atoms with Crippen molar-refractivity contribution in [3.63, 3.8) is 0 Å². The monoisotopic (exact) mass is 453 g/mol. The van der Waals surface area contributed by atoms with Gasteiger partial charge in [0.15, 0.2) is 11.3 Å². The summed E-state index contributed by atoms with van der Waals surface area (Å²) in [6.07, 6.45) is 5.11. The molecule has 34 heavy (non-hydrogen) atoms. The Morgan fingerprint density at radius 2 is 1.94 bits per heavy atom. The van der Waals surface area contributed by atoms with Gasteiger partial charge in [-0.25, -0.2) is 9.50 Å². The number of hydrogen-bond donors (Lipinski definition) is 0. The zero-order valence-electron chi connectivity index (χ0n) is 19.5. The summed E-state index contributed by atoms with van der Waals surface area (Å²) < 4.78 is 3.96. The van der Waals surface area contributed by atoms with Gasteiger partial charge in [-0.15, -0.1) is 10.2 Å². The molecular formula is C26H27N7O. The first kappa shape index (κ1) is 20.8. The van der Waals surface area contributed by atoms with Crippen molar-refractivity contribution in [3.05, 3.63) is 71.4 Å². The van der Waals surface area contributed by atoms with Gasteiger partial charge in [0, 0.05) is 48.4 Å². The number of carbonyl (C=O) groups excluding carboxylic acids is 1. The number of amides is 1. The maximum absolute atomic E-state index is 13.2. The molecule has 0 bridgehead atoms. The van der Waals surface area contributed by atoms with E-state index in [4.69, 9.17) is 10.1 Å². The van der Waals surface area contributed by atoms with E-state index in [2.05, 4.69) is 23.2 Å². The van der Waals surface area contributed by atoms with E-state index in [0.717, 1.165) is 64.4 Å². The fourth-order valence-corrected chi connectivity index (χ4v) is 5.28. The van der Waals surface area contributed by atoms with Crippen LogP contribution in [-0.2, 0) is 11.2 Å². The summed E-state index contributed by atoms with van der Waals surface area (Å²) in [5.41, 5.74) is 5.78. The lowest BCUT2D eigenvalue weighted by Crippen LogP contribution is -2.39. The second kappa shape index (κ2) is 8.20. The molecule has 0 aliphatic carbocycles. The minimum Gasteiger partial charge on any atom is -0.342 e. The van der Waals surface area contributed by atoms with E-state index in [9.17, 15) is 4.79 Å². The fourth-order valence-electron chi connectivity index (χ4n) is 5.28. The lowest BCUT2D eigenvalue weighted by molar-refractivity contribution is -0.132. The van der Waals surface area contributed by atoms with E-state index in [-0.39, 0.29) is 11.8 Å². The van der Waals surface area contributed by atoms with Gasteiger partial charge in [-0.2, -0.15) is 5.10 Å². The molecule has 5 aromatic rings. The summed E-state index contributed by atoms with van der Waals surface area (Å²) in [4.78, 5) is 20.1. The third kappa shape index (κ3) is 3.41. The zero-order chi connectivity index (χ0) is 23.2. The molecule has 0 spiro atoms. The van der Waals surface area contributed by atoms with Gasteiger partial charge in [-0.3, -0.25) is 9.20 Å². The predicted octanol–water partition coefficient (Wildman–Crippen LogP) is 3.88. The zero-order valence-corrected chi connectivity index (χ0v) is 19.5. The predicted molar refractivity (Wildman–Crippen MR) is 130 cm³/mol.